The van der Waals surface area contributed by atoms with Gasteiger partial charge in [-0.15, -0.1) is 11.3 Å². The number of carbonyl (C=O) groups is 1. The molecule has 0 saturated heterocycles. The van der Waals surface area contributed by atoms with Crippen LogP contribution in [0.3, 0.4) is 0 Å². The number of aryl methyl sites for hydroxylation is 1. The number of hydrogen-bond acceptors (Lipinski definition) is 7. The Morgan fingerprint density at radius 1 is 1.09 bits per heavy atom. The molecule has 2 aliphatic rings. The Balaban J connectivity index is 1.17. The lowest BCUT2D eigenvalue weighted by atomic mass is 10.0. The molecule has 0 aromatic carbocycles. The standard InChI is InChI=1S/C27H26N6OS/c1-17-8-21(27(34)31-13-23-15-35-16-32-23)12-30-26(17)33-7-6-25-22(14-33)9-20(11-29-25)19-4-5-24(28-10-19)18-2-3-18/h4-5,8-12,15-16,18H,2-3,6-7,13-14H2,1H3,(H,31,34). The highest BCUT2D eigenvalue weighted by molar-refractivity contribution is 7.07. The number of fused-ring (bicyclic) bond motifs is 1. The summed E-state index contributed by atoms with van der Waals surface area (Å²) < 4.78 is 0. The molecule has 0 atom stereocenters. The molecule has 176 valence electrons. The van der Waals surface area contributed by atoms with Crippen LogP contribution in [0.4, 0.5) is 5.82 Å². The summed E-state index contributed by atoms with van der Waals surface area (Å²) in [6.07, 6.45) is 8.98. The summed E-state index contributed by atoms with van der Waals surface area (Å²) in [6.45, 7) is 4.02. The summed E-state index contributed by atoms with van der Waals surface area (Å²) in [5, 5.41) is 4.85. The van der Waals surface area contributed by atoms with Gasteiger partial charge in [0.2, 0.25) is 0 Å². The topological polar surface area (TPSA) is 83.9 Å². The summed E-state index contributed by atoms with van der Waals surface area (Å²) in [6, 6.07) is 8.46. The molecule has 35 heavy (non-hydrogen) atoms. The van der Waals surface area contributed by atoms with E-state index in [1.165, 1.54) is 35.4 Å². The Morgan fingerprint density at radius 3 is 2.71 bits per heavy atom. The number of nitrogens with one attached hydrogen (secondary N) is 1. The van der Waals surface area contributed by atoms with Crippen molar-refractivity contribution in [2.24, 2.45) is 0 Å². The third kappa shape index (κ3) is 4.66. The number of carbonyl (C=O) groups excluding carboxylic acids is 1. The van der Waals surface area contributed by atoms with Crippen molar-refractivity contribution >= 4 is 23.1 Å². The number of anilines is 1. The van der Waals surface area contributed by atoms with Gasteiger partial charge in [0, 0.05) is 71.9 Å². The smallest absolute Gasteiger partial charge is 0.253 e. The molecule has 6 rings (SSSR count). The van der Waals surface area contributed by atoms with Gasteiger partial charge in [-0.05, 0) is 49.1 Å². The van der Waals surface area contributed by atoms with Gasteiger partial charge in [0.15, 0.2) is 0 Å². The van der Waals surface area contributed by atoms with Crippen molar-refractivity contribution in [3.05, 3.63) is 87.5 Å². The van der Waals surface area contributed by atoms with Crippen LogP contribution in [0, 0.1) is 6.92 Å². The first kappa shape index (κ1) is 21.9. The van der Waals surface area contributed by atoms with Crippen molar-refractivity contribution < 1.29 is 4.79 Å². The molecule has 5 heterocycles. The average molecular weight is 483 g/mol. The van der Waals surface area contributed by atoms with Crippen LogP contribution in [0.25, 0.3) is 11.1 Å². The molecule has 1 N–H and O–H groups in total. The molecule has 0 spiro atoms. The molecule has 1 amide bonds. The quantitative estimate of drug-likeness (QED) is 0.430. The summed E-state index contributed by atoms with van der Waals surface area (Å²) >= 11 is 1.52. The minimum Gasteiger partial charge on any atom is -0.352 e. The van der Waals surface area contributed by atoms with Crippen molar-refractivity contribution in [3.8, 4) is 11.1 Å². The Labute approximate surface area is 208 Å². The normalized spacial score (nSPS) is 15.1. The lowest BCUT2D eigenvalue weighted by molar-refractivity contribution is 0.0950. The van der Waals surface area contributed by atoms with Gasteiger partial charge in [0.25, 0.3) is 5.91 Å². The first-order valence-electron chi connectivity index (χ1n) is 11.9. The van der Waals surface area contributed by atoms with E-state index in [2.05, 4.69) is 43.4 Å². The van der Waals surface area contributed by atoms with E-state index in [1.807, 2.05) is 30.8 Å². The van der Waals surface area contributed by atoms with Gasteiger partial charge in [-0.1, -0.05) is 6.07 Å². The van der Waals surface area contributed by atoms with E-state index in [1.54, 1.807) is 11.7 Å². The maximum atomic E-state index is 12.6. The zero-order valence-electron chi connectivity index (χ0n) is 19.6. The number of hydrogen-bond donors (Lipinski definition) is 1. The molecule has 1 aliphatic carbocycles. The SMILES string of the molecule is Cc1cc(C(=O)NCc2cscn2)cnc1N1CCc2ncc(-c3ccc(C4CC4)nc3)cc2C1. The first-order valence-corrected chi connectivity index (χ1v) is 12.9. The monoisotopic (exact) mass is 482 g/mol. The maximum absolute atomic E-state index is 12.6. The average Bonchev–Trinajstić information content (AvgIpc) is 3.61. The van der Waals surface area contributed by atoms with E-state index in [0.717, 1.165) is 53.4 Å². The fourth-order valence-electron chi connectivity index (χ4n) is 4.58. The minimum absolute atomic E-state index is 0.140. The summed E-state index contributed by atoms with van der Waals surface area (Å²) in [7, 11) is 0. The van der Waals surface area contributed by atoms with Gasteiger partial charge in [-0.2, -0.15) is 0 Å². The van der Waals surface area contributed by atoms with Crippen molar-refractivity contribution in [2.75, 3.05) is 11.4 Å². The highest BCUT2D eigenvalue weighted by atomic mass is 32.1. The number of amides is 1. The Morgan fingerprint density at radius 2 is 1.97 bits per heavy atom. The first-order chi connectivity index (χ1) is 17.1. The second-order valence-electron chi connectivity index (χ2n) is 9.27. The van der Waals surface area contributed by atoms with Crippen LogP contribution in [-0.2, 0) is 19.5 Å². The van der Waals surface area contributed by atoms with Crippen LogP contribution < -0.4 is 10.2 Å². The second kappa shape index (κ2) is 9.19. The van der Waals surface area contributed by atoms with Crippen molar-refractivity contribution in [2.45, 2.75) is 45.2 Å². The molecular formula is C27H26N6OS. The molecular weight excluding hydrogens is 456 g/mol. The van der Waals surface area contributed by atoms with E-state index < -0.39 is 0 Å². The number of nitrogens with zero attached hydrogens (tertiary/aromatic N) is 5. The van der Waals surface area contributed by atoms with Crippen LogP contribution in [0.5, 0.6) is 0 Å². The van der Waals surface area contributed by atoms with Gasteiger partial charge in [0.1, 0.15) is 5.82 Å². The predicted molar refractivity (Wildman–Crippen MR) is 136 cm³/mol. The lowest BCUT2D eigenvalue weighted by Crippen LogP contribution is -2.32. The number of rotatable bonds is 6. The van der Waals surface area contributed by atoms with Crippen LogP contribution in [0.1, 0.15) is 57.3 Å². The minimum atomic E-state index is -0.140. The summed E-state index contributed by atoms with van der Waals surface area (Å²) in [5.74, 6) is 1.43. The summed E-state index contributed by atoms with van der Waals surface area (Å²) in [5.41, 5.74) is 9.92. The van der Waals surface area contributed by atoms with Gasteiger partial charge >= 0.3 is 0 Å². The third-order valence-corrected chi connectivity index (χ3v) is 7.32. The molecule has 7 nitrogen and oxygen atoms in total. The van der Waals surface area contributed by atoms with Crippen LogP contribution >= 0.6 is 11.3 Å². The third-order valence-electron chi connectivity index (χ3n) is 6.68. The van der Waals surface area contributed by atoms with Gasteiger partial charge in [-0.25, -0.2) is 9.97 Å². The summed E-state index contributed by atoms with van der Waals surface area (Å²) in [4.78, 5) is 33.2. The maximum Gasteiger partial charge on any atom is 0.253 e. The van der Waals surface area contributed by atoms with Crippen LogP contribution in [-0.4, -0.2) is 32.4 Å². The van der Waals surface area contributed by atoms with E-state index in [-0.39, 0.29) is 5.91 Å². The molecule has 4 aromatic heterocycles. The molecule has 1 fully saturated rings. The van der Waals surface area contributed by atoms with Crippen LogP contribution in [0.15, 0.2) is 53.7 Å². The van der Waals surface area contributed by atoms with Gasteiger partial charge in [-0.3, -0.25) is 14.8 Å². The molecule has 0 bridgehead atoms. The Bertz CT molecular complexity index is 1370. The van der Waals surface area contributed by atoms with E-state index >= 15 is 0 Å². The molecule has 1 aliphatic heterocycles. The van der Waals surface area contributed by atoms with Crippen LogP contribution in [0.2, 0.25) is 0 Å². The highest BCUT2D eigenvalue weighted by Crippen LogP contribution is 2.39. The fraction of sp³-hybridized carbons (Fsp3) is 0.296. The molecule has 1 saturated carbocycles. The predicted octanol–water partition coefficient (Wildman–Crippen LogP) is 4.67. The molecule has 0 radical (unpaired) electrons. The van der Waals surface area contributed by atoms with E-state index in [0.29, 0.717) is 18.0 Å². The number of thiazole rings is 1. The van der Waals surface area contributed by atoms with Crippen molar-refractivity contribution in [1.29, 1.82) is 0 Å². The lowest BCUT2D eigenvalue weighted by Gasteiger charge is -2.30. The van der Waals surface area contributed by atoms with E-state index in [9.17, 15) is 4.79 Å². The fourth-order valence-corrected chi connectivity index (χ4v) is 5.14. The number of pyridine rings is 3. The molecule has 8 heteroatoms. The van der Waals surface area contributed by atoms with Crippen molar-refractivity contribution in [3.63, 3.8) is 0 Å². The highest BCUT2D eigenvalue weighted by Gasteiger charge is 2.25. The number of aromatic nitrogens is 4. The Kier molecular flexibility index (Phi) is 5.74. The largest absolute Gasteiger partial charge is 0.352 e. The molecule has 0 unspecified atom stereocenters. The zero-order chi connectivity index (χ0) is 23.8. The van der Waals surface area contributed by atoms with Gasteiger partial charge < -0.3 is 10.2 Å². The van der Waals surface area contributed by atoms with Crippen molar-refractivity contribution in [1.82, 2.24) is 25.3 Å². The zero-order valence-corrected chi connectivity index (χ0v) is 20.4. The van der Waals surface area contributed by atoms with E-state index in [4.69, 9.17) is 4.98 Å². The Hall–Kier alpha value is -3.65. The molecule has 4 aromatic rings. The van der Waals surface area contributed by atoms with Gasteiger partial charge in [0.05, 0.1) is 23.3 Å². The second-order valence-corrected chi connectivity index (χ2v) is 9.99.